The number of ether oxygens (including phenoxy) is 1. The number of nitrogens with zero attached hydrogens (tertiary/aromatic N) is 2. The SMILES string of the molecule is COc1ccc(NC(=O)C(C)Sc2ncccn2)cc1. The lowest BCUT2D eigenvalue weighted by molar-refractivity contribution is -0.115. The molecule has 1 atom stereocenters. The topological polar surface area (TPSA) is 64.1 Å². The third-order valence-corrected chi connectivity index (χ3v) is 3.54. The minimum Gasteiger partial charge on any atom is -0.497 e. The van der Waals surface area contributed by atoms with Gasteiger partial charge in [-0.3, -0.25) is 4.79 Å². The number of hydrogen-bond donors (Lipinski definition) is 1. The van der Waals surface area contributed by atoms with E-state index in [2.05, 4.69) is 15.3 Å². The minimum atomic E-state index is -0.278. The number of carbonyl (C=O) groups is 1. The van der Waals surface area contributed by atoms with Crippen LogP contribution in [0.2, 0.25) is 0 Å². The molecule has 1 N–H and O–H groups in total. The number of rotatable bonds is 5. The molecule has 1 heterocycles. The average Bonchev–Trinajstić information content (AvgIpc) is 2.49. The second-order valence-corrected chi connectivity index (χ2v) is 5.32. The molecule has 0 saturated heterocycles. The van der Waals surface area contributed by atoms with Crippen LogP contribution >= 0.6 is 11.8 Å². The lowest BCUT2D eigenvalue weighted by atomic mass is 10.3. The van der Waals surface area contributed by atoms with Crippen molar-refractivity contribution in [1.29, 1.82) is 0 Å². The summed E-state index contributed by atoms with van der Waals surface area (Å²) in [6.45, 7) is 1.82. The van der Waals surface area contributed by atoms with Gasteiger partial charge in [-0.1, -0.05) is 11.8 Å². The van der Waals surface area contributed by atoms with Crippen molar-refractivity contribution in [3.05, 3.63) is 42.7 Å². The molecular weight excluding hydrogens is 274 g/mol. The molecule has 6 heteroatoms. The molecule has 0 aliphatic heterocycles. The molecule has 1 aromatic carbocycles. The molecule has 0 spiro atoms. The number of carbonyl (C=O) groups excluding carboxylic acids is 1. The van der Waals surface area contributed by atoms with Gasteiger partial charge < -0.3 is 10.1 Å². The van der Waals surface area contributed by atoms with Gasteiger partial charge in [0.1, 0.15) is 5.75 Å². The summed E-state index contributed by atoms with van der Waals surface area (Å²) in [5.74, 6) is 0.663. The fraction of sp³-hybridized carbons (Fsp3) is 0.214. The van der Waals surface area contributed by atoms with E-state index in [1.807, 2.05) is 6.92 Å². The van der Waals surface area contributed by atoms with Crippen LogP contribution in [0, 0.1) is 0 Å². The molecule has 2 rings (SSSR count). The average molecular weight is 289 g/mol. The van der Waals surface area contributed by atoms with E-state index >= 15 is 0 Å². The highest BCUT2D eigenvalue weighted by molar-refractivity contribution is 8.00. The van der Waals surface area contributed by atoms with Crippen molar-refractivity contribution in [2.24, 2.45) is 0 Å². The van der Waals surface area contributed by atoms with Gasteiger partial charge in [-0.15, -0.1) is 0 Å². The van der Waals surface area contributed by atoms with Gasteiger partial charge in [0, 0.05) is 18.1 Å². The first kappa shape index (κ1) is 14.3. The first-order valence-corrected chi connectivity index (χ1v) is 6.95. The number of methoxy groups -OCH3 is 1. The van der Waals surface area contributed by atoms with E-state index in [0.717, 1.165) is 11.4 Å². The highest BCUT2D eigenvalue weighted by Crippen LogP contribution is 2.21. The molecule has 104 valence electrons. The summed E-state index contributed by atoms with van der Waals surface area (Å²) in [6.07, 6.45) is 3.31. The van der Waals surface area contributed by atoms with Crippen LogP contribution in [0.4, 0.5) is 5.69 Å². The second-order valence-electron chi connectivity index (χ2n) is 4.01. The Labute approximate surface area is 121 Å². The van der Waals surface area contributed by atoms with Crippen molar-refractivity contribution in [2.45, 2.75) is 17.3 Å². The molecule has 2 aromatic rings. The Balaban J connectivity index is 1.93. The lowest BCUT2D eigenvalue weighted by Crippen LogP contribution is -2.22. The van der Waals surface area contributed by atoms with Crippen LogP contribution in [-0.2, 0) is 4.79 Å². The van der Waals surface area contributed by atoms with E-state index in [1.54, 1.807) is 49.8 Å². The van der Waals surface area contributed by atoms with Gasteiger partial charge in [0.2, 0.25) is 5.91 Å². The molecular formula is C14H15N3O2S. The third kappa shape index (κ3) is 3.96. The Morgan fingerprint density at radius 3 is 2.50 bits per heavy atom. The van der Waals surface area contributed by atoms with Crippen LogP contribution in [0.25, 0.3) is 0 Å². The number of amides is 1. The van der Waals surface area contributed by atoms with E-state index in [4.69, 9.17) is 4.74 Å². The van der Waals surface area contributed by atoms with E-state index < -0.39 is 0 Å². The summed E-state index contributed by atoms with van der Waals surface area (Å²) in [7, 11) is 1.60. The third-order valence-electron chi connectivity index (χ3n) is 2.55. The van der Waals surface area contributed by atoms with Gasteiger partial charge in [0.05, 0.1) is 12.4 Å². The predicted molar refractivity (Wildman–Crippen MR) is 79.0 cm³/mol. The summed E-state index contributed by atoms with van der Waals surface area (Å²) < 4.78 is 5.07. The van der Waals surface area contributed by atoms with Crippen molar-refractivity contribution in [1.82, 2.24) is 9.97 Å². The fourth-order valence-corrected chi connectivity index (χ4v) is 2.20. The van der Waals surface area contributed by atoms with Crippen molar-refractivity contribution >= 4 is 23.4 Å². The number of benzene rings is 1. The van der Waals surface area contributed by atoms with Crippen molar-refractivity contribution in [3.63, 3.8) is 0 Å². The maximum absolute atomic E-state index is 12.1. The summed E-state index contributed by atoms with van der Waals surface area (Å²) in [5, 5.41) is 3.15. The van der Waals surface area contributed by atoms with Gasteiger partial charge in [0.25, 0.3) is 0 Å². The van der Waals surface area contributed by atoms with Gasteiger partial charge in [0.15, 0.2) is 5.16 Å². The number of aromatic nitrogens is 2. The van der Waals surface area contributed by atoms with Crippen LogP contribution in [0.5, 0.6) is 5.75 Å². The Kier molecular flexibility index (Phi) is 4.95. The number of nitrogens with one attached hydrogen (secondary N) is 1. The monoisotopic (exact) mass is 289 g/mol. The first-order chi connectivity index (χ1) is 9.69. The Morgan fingerprint density at radius 1 is 1.25 bits per heavy atom. The number of hydrogen-bond acceptors (Lipinski definition) is 5. The van der Waals surface area contributed by atoms with Gasteiger partial charge >= 0.3 is 0 Å². The van der Waals surface area contributed by atoms with E-state index in [9.17, 15) is 4.79 Å². The Bertz CT molecular complexity index is 560. The van der Waals surface area contributed by atoms with Crippen molar-refractivity contribution < 1.29 is 9.53 Å². The van der Waals surface area contributed by atoms with E-state index in [-0.39, 0.29) is 11.2 Å². The van der Waals surface area contributed by atoms with Crippen LogP contribution in [0.3, 0.4) is 0 Å². The minimum absolute atomic E-state index is 0.0902. The molecule has 1 amide bonds. The molecule has 20 heavy (non-hydrogen) atoms. The largest absolute Gasteiger partial charge is 0.497 e. The molecule has 0 aliphatic carbocycles. The zero-order valence-electron chi connectivity index (χ0n) is 11.2. The van der Waals surface area contributed by atoms with Gasteiger partial charge in [-0.05, 0) is 37.3 Å². The summed E-state index contributed by atoms with van der Waals surface area (Å²) in [4.78, 5) is 20.2. The molecule has 1 unspecified atom stereocenters. The molecule has 0 fully saturated rings. The van der Waals surface area contributed by atoms with Crippen LogP contribution in [0.1, 0.15) is 6.92 Å². The van der Waals surface area contributed by atoms with E-state index in [1.165, 1.54) is 11.8 Å². The second kappa shape index (κ2) is 6.91. The highest BCUT2D eigenvalue weighted by atomic mass is 32.2. The summed E-state index contributed by atoms with van der Waals surface area (Å²) in [6, 6.07) is 8.94. The number of thioether (sulfide) groups is 1. The zero-order valence-corrected chi connectivity index (χ0v) is 12.1. The Morgan fingerprint density at radius 2 is 1.90 bits per heavy atom. The van der Waals surface area contributed by atoms with Gasteiger partial charge in [-0.25, -0.2) is 9.97 Å². The maximum Gasteiger partial charge on any atom is 0.237 e. The molecule has 5 nitrogen and oxygen atoms in total. The molecule has 0 radical (unpaired) electrons. The maximum atomic E-state index is 12.1. The first-order valence-electron chi connectivity index (χ1n) is 6.07. The van der Waals surface area contributed by atoms with E-state index in [0.29, 0.717) is 5.16 Å². The quantitative estimate of drug-likeness (QED) is 0.677. The summed E-state index contributed by atoms with van der Waals surface area (Å²) >= 11 is 1.32. The predicted octanol–water partition coefficient (Wildman–Crippen LogP) is 2.60. The standard InChI is InChI=1S/C14H15N3O2S/c1-10(20-14-15-8-3-9-16-14)13(18)17-11-4-6-12(19-2)7-5-11/h3-10H,1-2H3,(H,17,18). The highest BCUT2D eigenvalue weighted by Gasteiger charge is 2.15. The smallest absolute Gasteiger partial charge is 0.237 e. The van der Waals surface area contributed by atoms with Crippen molar-refractivity contribution in [3.8, 4) is 5.75 Å². The van der Waals surface area contributed by atoms with Crippen molar-refractivity contribution in [2.75, 3.05) is 12.4 Å². The molecule has 0 aliphatic rings. The van der Waals surface area contributed by atoms with Gasteiger partial charge in [-0.2, -0.15) is 0 Å². The van der Waals surface area contributed by atoms with Crippen LogP contribution in [-0.4, -0.2) is 28.2 Å². The molecule has 0 bridgehead atoms. The zero-order chi connectivity index (χ0) is 14.4. The lowest BCUT2D eigenvalue weighted by Gasteiger charge is -2.11. The number of anilines is 1. The normalized spacial score (nSPS) is 11.7. The summed E-state index contributed by atoms with van der Waals surface area (Å²) in [5.41, 5.74) is 0.734. The molecule has 0 saturated carbocycles. The van der Waals surface area contributed by atoms with Crippen LogP contribution in [0.15, 0.2) is 47.9 Å². The van der Waals surface area contributed by atoms with Crippen LogP contribution < -0.4 is 10.1 Å². The Hall–Kier alpha value is -2.08. The fourth-order valence-electron chi connectivity index (χ4n) is 1.48. The molecule has 1 aromatic heterocycles.